The summed E-state index contributed by atoms with van der Waals surface area (Å²) in [6, 6.07) is 14.6. The molecule has 2 aromatic carbocycles. The first-order chi connectivity index (χ1) is 10.4. The van der Waals surface area contributed by atoms with Crippen LogP contribution in [0.5, 0.6) is 0 Å². The van der Waals surface area contributed by atoms with E-state index in [1.807, 2.05) is 26.0 Å². The highest BCUT2D eigenvalue weighted by molar-refractivity contribution is 6.01. The van der Waals surface area contributed by atoms with E-state index in [0.717, 1.165) is 22.3 Å². The van der Waals surface area contributed by atoms with Crippen LogP contribution in [0.25, 0.3) is 11.1 Å². The van der Waals surface area contributed by atoms with Gasteiger partial charge in [0.05, 0.1) is 0 Å². The minimum Gasteiger partial charge on any atom is -0.350 e. The van der Waals surface area contributed by atoms with Crippen LogP contribution < -0.4 is 5.32 Å². The molecule has 116 valence electrons. The number of aryl methyl sites for hydroxylation is 1. The Morgan fingerprint density at radius 2 is 1.59 bits per heavy atom. The molecule has 0 bridgehead atoms. The first kappa shape index (κ1) is 16.3. The third-order valence-electron chi connectivity index (χ3n) is 3.80. The summed E-state index contributed by atoms with van der Waals surface area (Å²) in [5.74, 6) is 0.497. The van der Waals surface area contributed by atoms with Gasteiger partial charge in [0.25, 0.3) is 5.91 Å². The highest BCUT2D eigenvalue weighted by atomic mass is 16.1. The Labute approximate surface area is 133 Å². The van der Waals surface area contributed by atoms with Gasteiger partial charge < -0.3 is 5.32 Å². The first-order valence-corrected chi connectivity index (χ1v) is 7.91. The summed E-state index contributed by atoms with van der Waals surface area (Å²) in [4.78, 5) is 12.5. The normalized spacial score (nSPS) is 11.0. The van der Waals surface area contributed by atoms with Gasteiger partial charge >= 0.3 is 0 Å². The molecule has 2 nitrogen and oxygen atoms in total. The van der Waals surface area contributed by atoms with Gasteiger partial charge in [-0.1, -0.05) is 50.2 Å². The summed E-state index contributed by atoms with van der Waals surface area (Å²) in [5, 5.41) is 2.99. The average Bonchev–Trinajstić information content (AvgIpc) is 2.46. The maximum absolute atomic E-state index is 12.5. The number of amides is 1. The molecule has 0 heterocycles. The molecule has 1 amide bonds. The van der Waals surface area contributed by atoms with Crippen molar-refractivity contribution in [1.29, 1.82) is 0 Å². The summed E-state index contributed by atoms with van der Waals surface area (Å²) in [5.41, 5.74) is 5.29. The molecule has 0 fully saturated rings. The third-order valence-corrected chi connectivity index (χ3v) is 3.80. The highest BCUT2D eigenvalue weighted by Crippen LogP contribution is 2.29. The van der Waals surface area contributed by atoms with Crippen molar-refractivity contribution < 1.29 is 4.79 Å². The Balaban J connectivity index is 2.47. The summed E-state index contributed by atoms with van der Waals surface area (Å²) >= 11 is 0. The number of hydrogen-bond acceptors (Lipinski definition) is 1. The number of benzene rings is 2. The summed E-state index contributed by atoms with van der Waals surface area (Å²) < 4.78 is 0. The maximum Gasteiger partial charge on any atom is 0.252 e. The lowest BCUT2D eigenvalue weighted by molar-refractivity contribution is 0.0943. The van der Waals surface area contributed by atoms with Crippen LogP contribution in [0.15, 0.2) is 42.5 Å². The molecular formula is C20H25NO. The third kappa shape index (κ3) is 3.56. The van der Waals surface area contributed by atoms with Crippen molar-refractivity contribution >= 4 is 5.91 Å². The molecule has 1 N–H and O–H groups in total. The van der Waals surface area contributed by atoms with Crippen molar-refractivity contribution in [1.82, 2.24) is 5.32 Å². The van der Waals surface area contributed by atoms with E-state index in [9.17, 15) is 4.79 Å². The van der Waals surface area contributed by atoms with E-state index in [1.54, 1.807) is 0 Å². The number of hydrogen-bond donors (Lipinski definition) is 1. The Bertz CT molecular complexity index is 654. The Morgan fingerprint density at radius 3 is 2.14 bits per heavy atom. The second kappa shape index (κ2) is 6.78. The summed E-state index contributed by atoms with van der Waals surface area (Å²) in [7, 11) is 0. The van der Waals surface area contributed by atoms with E-state index < -0.39 is 0 Å². The van der Waals surface area contributed by atoms with E-state index in [-0.39, 0.29) is 11.9 Å². The van der Waals surface area contributed by atoms with Gasteiger partial charge in [-0.05, 0) is 55.0 Å². The van der Waals surface area contributed by atoms with Gasteiger partial charge in [0, 0.05) is 11.6 Å². The molecule has 0 aliphatic heterocycles. The predicted octanol–water partition coefficient (Wildman–Crippen LogP) is 4.92. The number of carbonyl (C=O) groups excluding carboxylic acids is 1. The molecule has 2 heteroatoms. The molecule has 0 atom stereocenters. The molecule has 0 aromatic heterocycles. The summed E-state index contributed by atoms with van der Waals surface area (Å²) in [6.45, 7) is 10.4. The van der Waals surface area contributed by atoms with Gasteiger partial charge in [-0.2, -0.15) is 0 Å². The van der Waals surface area contributed by atoms with Crippen LogP contribution in [0.1, 0.15) is 55.1 Å². The summed E-state index contributed by atoms with van der Waals surface area (Å²) in [6.07, 6.45) is 0. The van der Waals surface area contributed by atoms with Crippen molar-refractivity contribution in [2.45, 2.75) is 46.6 Å². The molecule has 0 saturated heterocycles. The van der Waals surface area contributed by atoms with Crippen LogP contribution in [0.3, 0.4) is 0 Å². The van der Waals surface area contributed by atoms with Crippen LogP contribution in [-0.2, 0) is 0 Å². The largest absolute Gasteiger partial charge is 0.350 e. The van der Waals surface area contributed by atoms with Crippen molar-refractivity contribution in [2.75, 3.05) is 0 Å². The Hall–Kier alpha value is -2.09. The lowest BCUT2D eigenvalue weighted by atomic mass is 9.92. The molecule has 2 rings (SSSR count). The van der Waals surface area contributed by atoms with E-state index in [2.05, 4.69) is 56.4 Å². The van der Waals surface area contributed by atoms with Gasteiger partial charge in [0.15, 0.2) is 0 Å². The second-order valence-electron chi connectivity index (χ2n) is 6.40. The molecule has 22 heavy (non-hydrogen) atoms. The molecule has 0 unspecified atom stereocenters. The fourth-order valence-corrected chi connectivity index (χ4v) is 2.61. The van der Waals surface area contributed by atoms with Crippen LogP contribution >= 0.6 is 0 Å². The van der Waals surface area contributed by atoms with Gasteiger partial charge in [-0.25, -0.2) is 0 Å². The monoisotopic (exact) mass is 295 g/mol. The van der Waals surface area contributed by atoms with Crippen molar-refractivity contribution in [3.63, 3.8) is 0 Å². The topological polar surface area (TPSA) is 29.1 Å². The van der Waals surface area contributed by atoms with E-state index in [4.69, 9.17) is 0 Å². The highest BCUT2D eigenvalue weighted by Gasteiger charge is 2.15. The SMILES string of the molecule is Cc1cccc(C(=O)NC(C)C)c1-c1ccc(C(C)C)cc1. The van der Waals surface area contributed by atoms with Crippen LogP contribution in [-0.4, -0.2) is 11.9 Å². The molecule has 0 saturated carbocycles. The lowest BCUT2D eigenvalue weighted by Gasteiger charge is -2.15. The predicted molar refractivity (Wildman–Crippen MR) is 93.3 cm³/mol. The molecule has 0 spiro atoms. The van der Waals surface area contributed by atoms with Crippen LogP contribution in [0, 0.1) is 6.92 Å². The van der Waals surface area contributed by atoms with E-state index in [1.165, 1.54) is 5.56 Å². The molecule has 0 aliphatic carbocycles. The lowest BCUT2D eigenvalue weighted by Crippen LogP contribution is -2.30. The van der Waals surface area contributed by atoms with Crippen molar-refractivity contribution in [2.24, 2.45) is 0 Å². The van der Waals surface area contributed by atoms with Crippen molar-refractivity contribution in [3.8, 4) is 11.1 Å². The van der Waals surface area contributed by atoms with Gasteiger partial charge in [-0.3, -0.25) is 4.79 Å². The fraction of sp³-hybridized carbons (Fsp3) is 0.350. The standard InChI is InChI=1S/C20H25NO/c1-13(2)16-9-11-17(12-10-16)19-15(5)7-6-8-18(19)20(22)21-14(3)4/h6-14H,1-5H3,(H,21,22). The number of nitrogens with one attached hydrogen (secondary N) is 1. The minimum absolute atomic E-state index is 0.0124. The zero-order valence-corrected chi connectivity index (χ0v) is 14.1. The minimum atomic E-state index is -0.0124. The van der Waals surface area contributed by atoms with Crippen molar-refractivity contribution in [3.05, 3.63) is 59.2 Å². The Kier molecular flexibility index (Phi) is 5.02. The van der Waals surface area contributed by atoms with Crippen LogP contribution in [0.2, 0.25) is 0 Å². The fourth-order valence-electron chi connectivity index (χ4n) is 2.61. The van der Waals surface area contributed by atoms with Gasteiger partial charge in [0.2, 0.25) is 0 Å². The number of rotatable bonds is 4. The first-order valence-electron chi connectivity index (χ1n) is 7.91. The van der Waals surface area contributed by atoms with E-state index >= 15 is 0 Å². The van der Waals surface area contributed by atoms with Gasteiger partial charge in [0.1, 0.15) is 0 Å². The molecular weight excluding hydrogens is 270 g/mol. The smallest absolute Gasteiger partial charge is 0.252 e. The Morgan fingerprint density at radius 1 is 0.955 bits per heavy atom. The van der Waals surface area contributed by atoms with Crippen LogP contribution in [0.4, 0.5) is 0 Å². The maximum atomic E-state index is 12.5. The zero-order valence-electron chi connectivity index (χ0n) is 14.1. The second-order valence-corrected chi connectivity index (χ2v) is 6.40. The van der Waals surface area contributed by atoms with E-state index in [0.29, 0.717) is 5.92 Å². The molecule has 0 radical (unpaired) electrons. The molecule has 2 aromatic rings. The zero-order chi connectivity index (χ0) is 16.3. The quantitative estimate of drug-likeness (QED) is 0.852. The van der Waals surface area contributed by atoms with Gasteiger partial charge in [-0.15, -0.1) is 0 Å². The average molecular weight is 295 g/mol. The molecule has 0 aliphatic rings. The number of carbonyl (C=O) groups is 1.